The third-order valence-corrected chi connectivity index (χ3v) is 7.38. The molecule has 1 aliphatic rings. The van der Waals surface area contributed by atoms with E-state index in [0.717, 1.165) is 5.56 Å². The second-order valence-corrected chi connectivity index (χ2v) is 10.4. The van der Waals surface area contributed by atoms with Crippen molar-refractivity contribution in [2.45, 2.75) is 77.2 Å². The molecule has 0 bridgehead atoms. The third kappa shape index (κ3) is 10.4. The Hall–Kier alpha value is -3.40. The summed E-state index contributed by atoms with van der Waals surface area (Å²) in [6.45, 7) is 2.20. The second kappa shape index (κ2) is 15.9. The largest absolute Gasteiger partial charge is 0.481 e. The number of unbranched alkanes of at least 4 members (excludes halogenated alkanes) is 1. The summed E-state index contributed by atoms with van der Waals surface area (Å²) < 4.78 is 0. The normalized spacial score (nSPS) is 17.3. The van der Waals surface area contributed by atoms with Gasteiger partial charge in [0.15, 0.2) is 5.78 Å². The molecule has 0 spiro atoms. The number of carbonyl (C=O) groups is 6. The first-order valence-corrected chi connectivity index (χ1v) is 13.6. The lowest BCUT2D eigenvalue weighted by atomic mass is 9.81. The van der Waals surface area contributed by atoms with E-state index in [2.05, 4.69) is 0 Å². The standard InChI is InChI=1S/C29H40N2O8/c1-19(32)31-13-7-11-24(31)27(35)16-22(18-28(36)37)26(34)15-21(10-5-6-12-30)25(33)17-23(29(38)39)14-20-8-3-2-4-9-20/h2-4,8-9,21-24H,5-7,10-18,30H2,1H3,(H,36,37)(H,38,39). The summed E-state index contributed by atoms with van der Waals surface area (Å²) in [5.41, 5.74) is 6.37. The number of likely N-dealkylation sites (tertiary alicyclic amines) is 1. The van der Waals surface area contributed by atoms with Crippen molar-refractivity contribution >= 4 is 35.2 Å². The Balaban J connectivity index is 2.16. The van der Waals surface area contributed by atoms with Crippen LogP contribution in [0.1, 0.15) is 70.3 Å². The predicted molar refractivity (Wildman–Crippen MR) is 143 cm³/mol. The molecule has 1 saturated heterocycles. The van der Waals surface area contributed by atoms with Gasteiger partial charge in [0, 0.05) is 44.6 Å². The van der Waals surface area contributed by atoms with Crippen LogP contribution in [-0.2, 0) is 35.2 Å². The molecule has 1 fully saturated rings. The van der Waals surface area contributed by atoms with Crippen LogP contribution in [0.15, 0.2) is 30.3 Å². The Morgan fingerprint density at radius 2 is 1.54 bits per heavy atom. The molecular formula is C29H40N2O8. The summed E-state index contributed by atoms with van der Waals surface area (Å²) in [7, 11) is 0. The second-order valence-electron chi connectivity index (χ2n) is 10.4. The van der Waals surface area contributed by atoms with Crippen LogP contribution >= 0.6 is 0 Å². The number of carboxylic acid groups (broad SMARTS) is 2. The van der Waals surface area contributed by atoms with E-state index < -0.39 is 47.9 Å². The van der Waals surface area contributed by atoms with Crippen molar-refractivity contribution in [3.8, 4) is 0 Å². The number of ketones is 3. The van der Waals surface area contributed by atoms with Crippen molar-refractivity contribution in [2.75, 3.05) is 13.1 Å². The molecule has 4 unspecified atom stereocenters. The van der Waals surface area contributed by atoms with E-state index >= 15 is 0 Å². The zero-order chi connectivity index (χ0) is 28.9. The molecule has 1 amide bonds. The zero-order valence-corrected chi connectivity index (χ0v) is 22.5. The van der Waals surface area contributed by atoms with E-state index in [0.29, 0.717) is 45.2 Å². The molecule has 214 valence electrons. The highest BCUT2D eigenvalue weighted by Gasteiger charge is 2.36. The monoisotopic (exact) mass is 544 g/mol. The van der Waals surface area contributed by atoms with Gasteiger partial charge in [-0.1, -0.05) is 36.8 Å². The van der Waals surface area contributed by atoms with Gasteiger partial charge in [0.1, 0.15) is 11.6 Å². The molecule has 4 N–H and O–H groups in total. The van der Waals surface area contributed by atoms with Crippen LogP contribution in [0, 0.1) is 17.8 Å². The van der Waals surface area contributed by atoms with Gasteiger partial charge in [-0.2, -0.15) is 0 Å². The molecular weight excluding hydrogens is 504 g/mol. The minimum absolute atomic E-state index is 0.162. The van der Waals surface area contributed by atoms with Crippen molar-refractivity contribution in [3.05, 3.63) is 35.9 Å². The average Bonchev–Trinajstić information content (AvgIpc) is 3.38. The van der Waals surface area contributed by atoms with E-state index in [-0.39, 0.29) is 43.2 Å². The van der Waals surface area contributed by atoms with Crippen molar-refractivity contribution in [1.29, 1.82) is 0 Å². The van der Waals surface area contributed by atoms with Crippen LogP contribution < -0.4 is 5.73 Å². The minimum atomic E-state index is -1.24. The lowest BCUT2D eigenvalue weighted by Gasteiger charge is -2.24. The first kappa shape index (κ1) is 31.8. The number of benzene rings is 1. The van der Waals surface area contributed by atoms with Crippen LogP contribution in [0.4, 0.5) is 0 Å². The Kier molecular flexibility index (Phi) is 13.0. The van der Waals surface area contributed by atoms with Gasteiger partial charge in [-0.25, -0.2) is 0 Å². The smallest absolute Gasteiger partial charge is 0.307 e. The minimum Gasteiger partial charge on any atom is -0.481 e. The number of carboxylic acids is 2. The topological polar surface area (TPSA) is 172 Å². The van der Waals surface area contributed by atoms with Gasteiger partial charge in [0.25, 0.3) is 0 Å². The maximum atomic E-state index is 13.3. The van der Waals surface area contributed by atoms with Crippen molar-refractivity contribution < 1.29 is 39.0 Å². The van der Waals surface area contributed by atoms with Crippen molar-refractivity contribution in [3.63, 3.8) is 0 Å². The molecule has 1 aliphatic heterocycles. The quantitative estimate of drug-likeness (QED) is 0.235. The number of hydrogen-bond donors (Lipinski definition) is 3. The molecule has 4 atom stereocenters. The van der Waals surface area contributed by atoms with E-state index in [4.69, 9.17) is 5.73 Å². The summed E-state index contributed by atoms with van der Waals surface area (Å²) in [6, 6.07) is 8.28. The molecule has 1 aromatic rings. The SMILES string of the molecule is CC(=O)N1CCCC1C(=O)CC(CC(=O)O)C(=O)CC(CCCCN)C(=O)CC(Cc1ccccc1)C(=O)O. The van der Waals surface area contributed by atoms with Crippen LogP contribution in [-0.4, -0.2) is 69.4 Å². The van der Waals surface area contributed by atoms with Gasteiger partial charge >= 0.3 is 11.9 Å². The molecule has 0 aromatic heterocycles. The van der Waals surface area contributed by atoms with Crippen molar-refractivity contribution in [1.82, 2.24) is 4.90 Å². The Bertz CT molecular complexity index is 1030. The fraction of sp³-hybridized carbons (Fsp3) is 0.586. The van der Waals surface area contributed by atoms with Crippen molar-refractivity contribution in [2.24, 2.45) is 23.5 Å². The van der Waals surface area contributed by atoms with Gasteiger partial charge in [-0.05, 0) is 44.2 Å². The van der Waals surface area contributed by atoms with Crippen LogP contribution in [0.2, 0.25) is 0 Å². The molecule has 10 heteroatoms. The maximum Gasteiger partial charge on any atom is 0.307 e. The first-order chi connectivity index (χ1) is 18.5. The van der Waals surface area contributed by atoms with E-state index in [1.165, 1.54) is 11.8 Å². The first-order valence-electron chi connectivity index (χ1n) is 13.6. The van der Waals surface area contributed by atoms with Gasteiger partial charge in [0.2, 0.25) is 5.91 Å². The molecule has 2 rings (SSSR count). The van der Waals surface area contributed by atoms with Gasteiger partial charge in [-0.15, -0.1) is 0 Å². The summed E-state index contributed by atoms with van der Waals surface area (Å²) in [4.78, 5) is 76.4. The highest BCUT2D eigenvalue weighted by molar-refractivity contribution is 5.96. The van der Waals surface area contributed by atoms with Crippen LogP contribution in [0.5, 0.6) is 0 Å². The predicted octanol–water partition coefficient (Wildman–Crippen LogP) is 2.65. The molecule has 1 heterocycles. The highest BCUT2D eigenvalue weighted by atomic mass is 16.4. The molecule has 0 aliphatic carbocycles. The van der Waals surface area contributed by atoms with E-state index in [9.17, 15) is 39.0 Å². The lowest BCUT2D eigenvalue weighted by Crippen LogP contribution is -2.40. The number of nitrogens with two attached hydrogens (primary N) is 1. The summed E-state index contributed by atoms with van der Waals surface area (Å²) in [5.74, 6) is -6.74. The molecule has 10 nitrogen and oxygen atoms in total. The fourth-order valence-electron chi connectivity index (χ4n) is 5.24. The zero-order valence-electron chi connectivity index (χ0n) is 22.5. The third-order valence-electron chi connectivity index (χ3n) is 7.38. The van der Waals surface area contributed by atoms with E-state index in [1.54, 1.807) is 24.3 Å². The molecule has 39 heavy (non-hydrogen) atoms. The molecule has 0 saturated carbocycles. The number of carbonyl (C=O) groups excluding carboxylic acids is 4. The molecule has 1 aromatic carbocycles. The number of aliphatic carboxylic acids is 2. The Morgan fingerprint density at radius 3 is 2.13 bits per heavy atom. The van der Waals surface area contributed by atoms with Crippen LogP contribution in [0.25, 0.3) is 0 Å². The fourth-order valence-corrected chi connectivity index (χ4v) is 5.24. The number of amides is 1. The van der Waals surface area contributed by atoms with Gasteiger partial charge in [0.05, 0.1) is 18.4 Å². The van der Waals surface area contributed by atoms with Gasteiger partial charge in [-0.3, -0.25) is 28.8 Å². The Labute approximate surface area is 228 Å². The number of nitrogens with zero attached hydrogens (tertiary/aromatic N) is 1. The lowest BCUT2D eigenvalue weighted by molar-refractivity contribution is -0.145. The Morgan fingerprint density at radius 1 is 0.897 bits per heavy atom. The van der Waals surface area contributed by atoms with Gasteiger partial charge < -0.3 is 20.8 Å². The van der Waals surface area contributed by atoms with Crippen LogP contribution in [0.3, 0.4) is 0 Å². The highest BCUT2D eigenvalue weighted by Crippen LogP contribution is 2.27. The van der Waals surface area contributed by atoms with E-state index in [1.807, 2.05) is 6.07 Å². The summed E-state index contributed by atoms with van der Waals surface area (Å²) in [5, 5.41) is 19.2. The maximum absolute atomic E-state index is 13.3. The average molecular weight is 545 g/mol. The summed E-state index contributed by atoms with van der Waals surface area (Å²) in [6.07, 6.45) is 1.34. The molecule has 0 radical (unpaired) electrons. The number of Topliss-reactive ketones (excluding diaryl/α,β-unsaturated/α-hetero) is 3. The summed E-state index contributed by atoms with van der Waals surface area (Å²) >= 11 is 0. The number of rotatable bonds is 18. The number of hydrogen-bond acceptors (Lipinski definition) is 7.